The minimum atomic E-state index is 0.212. The van der Waals surface area contributed by atoms with Crippen LogP contribution in [0.1, 0.15) is 37.3 Å². The summed E-state index contributed by atoms with van der Waals surface area (Å²) in [4.78, 5) is 12.5. The van der Waals surface area contributed by atoms with E-state index in [0.29, 0.717) is 17.8 Å². The maximum Gasteiger partial charge on any atom is 0.224 e. The van der Waals surface area contributed by atoms with Crippen molar-refractivity contribution >= 4 is 21.8 Å². The largest absolute Gasteiger partial charge is 0.353 e. The Morgan fingerprint density at radius 3 is 2.90 bits per heavy atom. The van der Waals surface area contributed by atoms with Gasteiger partial charge in [-0.05, 0) is 48.6 Å². The summed E-state index contributed by atoms with van der Waals surface area (Å²) >= 11 is 3.49. The van der Waals surface area contributed by atoms with E-state index in [-0.39, 0.29) is 17.9 Å². The molecule has 0 radical (unpaired) electrons. The molecule has 0 bridgehead atoms. The number of carbonyl (C=O) groups is 1. The normalized spacial score (nSPS) is 29.9. The van der Waals surface area contributed by atoms with Gasteiger partial charge in [0.15, 0.2) is 0 Å². The van der Waals surface area contributed by atoms with Crippen molar-refractivity contribution in [1.82, 2.24) is 5.32 Å². The van der Waals surface area contributed by atoms with Gasteiger partial charge in [0.2, 0.25) is 5.91 Å². The number of amides is 1. The molecule has 3 rings (SSSR count). The lowest BCUT2D eigenvalue weighted by Gasteiger charge is -2.19. The van der Waals surface area contributed by atoms with Crippen molar-refractivity contribution in [2.24, 2.45) is 17.8 Å². The Hall–Kier alpha value is -0.830. The van der Waals surface area contributed by atoms with Crippen LogP contribution < -0.4 is 5.32 Å². The summed E-state index contributed by atoms with van der Waals surface area (Å²) in [5.41, 5.74) is 2.87. The number of benzene rings is 1. The van der Waals surface area contributed by atoms with Crippen molar-refractivity contribution < 1.29 is 4.79 Å². The fraction of sp³-hybridized carbons (Fsp3) is 0.588. The van der Waals surface area contributed by atoms with E-state index in [9.17, 15) is 4.79 Å². The minimum absolute atomic E-state index is 0.212. The number of rotatable bonds is 4. The Bertz CT molecular complexity index is 515. The van der Waals surface area contributed by atoms with Crippen molar-refractivity contribution in [1.29, 1.82) is 0 Å². The summed E-state index contributed by atoms with van der Waals surface area (Å²) in [5.74, 6) is 2.00. The molecule has 0 saturated heterocycles. The van der Waals surface area contributed by atoms with Gasteiger partial charge < -0.3 is 5.32 Å². The molecule has 1 aromatic rings. The van der Waals surface area contributed by atoms with E-state index in [0.717, 1.165) is 11.8 Å². The molecule has 2 nitrogen and oxygen atoms in total. The zero-order chi connectivity index (χ0) is 14.3. The smallest absolute Gasteiger partial charge is 0.224 e. The topological polar surface area (TPSA) is 29.1 Å². The van der Waals surface area contributed by atoms with E-state index in [1.54, 1.807) is 0 Å². The quantitative estimate of drug-likeness (QED) is 0.838. The second kappa shape index (κ2) is 5.51. The second-order valence-corrected chi connectivity index (χ2v) is 7.03. The first-order valence-electron chi connectivity index (χ1n) is 7.57. The molecule has 0 aromatic heterocycles. The lowest BCUT2D eigenvalue weighted by atomic mass is 9.92. The number of carbonyl (C=O) groups excluding carboxylic acids is 1. The molecule has 1 fully saturated rings. The highest BCUT2D eigenvalue weighted by molar-refractivity contribution is 9.09. The molecular formula is C17H22BrNO. The highest BCUT2D eigenvalue weighted by atomic mass is 79.9. The third kappa shape index (κ3) is 2.41. The van der Waals surface area contributed by atoms with E-state index >= 15 is 0 Å². The first kappa shape index (κ1) is 14.1. The van der Waals surface area contributed by atoms with Crippen LogP contribution in [0.2, 0.25) is 0 Å². The van der Waals surface area contributed by atoms with E-state index in [4.69, 9.17) is 0 Å². The fourth-order valence-electron chi connectivity index (χ4n) is 3.52. The number of hydrogen-bond donors (Lipinski definition) is 1. The summed E-state index contributed by atoms with van der Waals surface area (Å²) in [6, 6.07) is 8.87. The Morgan fingerprint density at radius 1 is 1.40 bits per heavy atom. The highest BCUT2D eigenvalue weighted by Gasteiger charge is 2.57. The van der Waals surface area contributed by atoms with E-state index in [1.807, 2.05) is 0 Å². The average molecular weight is 336 g/mol. The Balaban J connectivity index is 1.68. The molecule has 20 heavy (non-hydrogen) atoms. The van der Waals surface area contributed by atoms with Gasteiger partial charge in [0.25, 0.3) is 0 Å². The summed E-state index contributed by atoms with van der Waals surface area (Å²) in [7, 11) is 0. The van der Waals surface area contributed by atoms with Gasteiger partial charge in [-0.15, -0.1) is 0 Å². The van der Waals surface area contributed by atoms with Gasteiger partial charge in [0.1, 0.15) is 0 Å². The second-order valence-electron chi connectivity index (χ2n) is 6.38. The predicted octanol–water partition coefficient (Wildman–Crippen LogP) is 3.50. The standard InChI is InChI=1S/C17H22BrNO/c1-10(9-18)11(2)19-17(20)16-14-8-7-12-5-3-4-6-13(12)15(14)16/h3-6,10-11,14-16H,7-9H2,1-2H3,(H,19,20). The first-order valence-corrected chi connectivity index (χ1v) is 8.69. The summed E-state index contributed by atoms with van der Waals surface area (Å²) in [6.07, 6.45) is 2.30. The maximum absolute atomic E-state index is 12.5. The number of nitrogens with one attached hydrogen (secondary N) is 1. The third-order valence-electron chi connectivity index (χ3n) is 5.10. The van der Waals surface area contributed by atoms with Crippen LogP contribution in [0.15, 0.2) is 24.3 Å². The van der Waals surface area contributed by atoms with Crippen LogP contribution >= 0.6 is 15.9 Å². The zero-order valence-corrected chi connectivity index (χ0v) is 13.7. The van der Waals surface area contributed by atoms with Crippen LogP contribution in [0.5, 0.6) is 0 Å². The number of alkyl halides is 1. The summed E-state index contributed by atoms with van der Waals surface area (Å²) < 4.78 is 0. The SMILES string of the molecule is CC(CBr)C(C)NC(=O)C1C2CCc3ccccc3C21. The number of fused-ring (bicyclic) bond motifs is 3. The van der Waals surface area contributed by atoms with E-state index in [1.165, 1.54) is 17.5 Å². The van der Waals surface area contributed by atoms with Gasteiger partial charge in [-0.25, -0.2) is 0 Å². The van der Waals surface area contributed by atoms with Crippen molar-refractivity contribution in [2.75, 3.05) is 5.33 Å². The lowest BCUT2D eigenvalue weighted by Crippen LogP contribution is -2.39. The van der Waals surface area contributed by atoms with Gasteiger partial charge >= 0.3 is 0 Å². The molecule has 2 aliphatic rings. The molecule has 5 unspecified atom stereocenters. The van der Waals surface area contributed by atoms with Crippen LogP contribution in [0.25, 0.3) is 0 Å². The Morgan fingerprint density at radius 2 is 2.15 bits per heavy atom. The van der Waals surface area contributed by atoms with Crippen molar-refractivity contribution in [3.8, 4) is 0 Å². The van der Waals surface area contributed by atoms with Crippen molar-refractivity contribution in [3.05, 3.63) is 35.4 Å². The van der Waals surface area contributed by atoms with Crippen LogP contribution in [0.3, 0.4) is 0 Å². The van der Waals surface area contributed by atoms with Crippen LogP contribution in [0.4, 0.5) is 0 Å². The lowest BCUT2D eigenvalue weighted by molar-refractivity contribution is -0.123. The molecule has 0 heterocycles. The molecular weight excluding hydrogens is 314 g/mol. The maximum atomic E-state index is 12.5. The average Bonchev–Trinajstić information content (AvgIpc) is 3.21. The van der Waals surface area contributed by atoms with Crippen molar-refractivity contribution in [2.45, 2.75) is 38.6 Å². The molecule has 5 atom stereocenters. The number of hydrogen-bond acceptors (Lipinski definition) is 1. The molecule has 1 aromatic carbocycles. The Labute approximate surface area is 129 Å². The molecule has 0 spiro atoms. The molecule has 1 saturated carbocycles. The molecule has 1 amide bonds. The third-order valence-corrected chi connectivity index (χ3v) is 6.12. The van der Waals surface area contributed by atoms with Gasteiger partial charge in [0, 0.05) is 17.3 Å². The Kier molecular flexibility index (Phi) is 3.89. The first-order chi connectivity index (χ1) is 9.63. The van der Waals surface area contributed by atoms with E-state index in [2.05, 4.69) is 59.4 Å². The van der Waals surface area contributed by atoms with Gasteiger partial charge in [-0.1, -0.05) is 47.1 Å². The highest BCUT2D eigenvalue weighted by Crippen LogP contribution is 2.59. The summed E-state index contributed by atoms with van der Waals surface area (Å²) in [5, 5.41) is 4.14. The van der Waals surface area contributed by atoms with Gasteiger partial charge in [-0.2, -0.15) is 0 Å². The zero-order valence-electron chi connectivity index (χ0n) is 12.1. The van der Waals surface area contributed by atoms with Gasteiger partial charge in [-0.3, -0.25) is 4.79 Å². The molecule has 108 valence electrons. The predicted molar refractivity (Wildman–Crippen MR) is 85.0 cm³/mol. The molecule has 0 aliphatic heterocycles. The molecule has 2 aliphatic carbocycles. The molecule has 3 heteroatoms. The van der Waals surface area contributed by atoms with Gasteiger partial charge in [0.05, 0.1) is 0 Å². The van der Waals surface area contributed by atoms with E-state index < -0.39 is 0 Å². The monoisotopic (exact) mass is 335 g/mol. The van der Waals surface area contributed by atoms with Crippen molar-refractivity contribution in [3.63, 3.8) is 0 Å². The van der Waals surface area contributed by atoms with Crippen LogP contribution in [-0.4, -0.2) is 17.3 Å². The molecule has 1 N–H and O–H groups in total. The van der Waals surface area contributed by atoms with Crippen LogP contribution in [0, 0.1) is 17.8 Å². The van der Waals surface area contributed by atoms with Crippen LogP contribution in [-0.2, 0) is 11.2 Å². The minimum Gasteiger partial charge on any atom is -0.353 e. The fourth-order valence-corrected chi connectivity index (χ4v) is 4.08. The number of halogens is 1. The summed E-state index contributed by atoms with van der Waals surface area (Å²) in [6.45, 7) is 4.26. The number of aryl methyl sites for hydroxylation is 1.